The van der Waals surface area contributed by atoms with E-state index in [4.69, 9.17) is 0 Å². The second kappa shape index (κ2) is 5.25. The number of likely N-dealkylation sites (tertiary alicyclic amines) is 1. The summed E-state index contributed by atoms with van der Waals surface area (Å²) in [6.45, 7) is 3.53. The monoisotopic (exact) mass is 273 g/mol. The fourth-order valence-corrected chi connectivity index (χ4v) is 2.92. The summed E-state index contributed by atoms with van der Waals surface area (Å²) in [7, 11) is 0. The molecule has 1 atom stereocenters. The smallest absolute Gasteiger partial charge is 0.320 e. The van der Waals surface area contributed by atoms with Gasteiger partial charge in [-0.3, -0.25) is 9.69 Å². The number of pyridine rings is 1. The Morgan fingerprint density at radius 1 is 1.45 bits per heavy atom. The number of carboxylic acid groups (broad SMARTS) is 1. The zero-order valence-corrected chi connectivity index (χ0v) is 11.6. The molecule has 0 aliphatic carbocycles. The van der Waals surface area contributed by atoms with Crippen LogP contribution in [-0.2, 0) is 11.3 Å². The van der Waals surface area contributed by atoms with Gasteiger partial charge in [-0.15, -0.1) is 0 Å². The average Bonchev–Trinajstić information content (AvgIpc) is 2.82. The second-order valence-corrected chi connectivity index (χ2v) is 5.50. The Kier molecular flexibility index (Phi) is 3.44. The van der Waals surface area contributed by atoms with Crippen molar-refractivity contribution in [3.05, 3.63) is 35.8 Å². The van der Waals surface area contributed by atoms with Gasteiger partial charge in [-0.2, -0.15) is 0 Å². The molecule has 0 amide bonds. The third kappa shape index (κ3) is 2.41. The van der Waals surface area contributed by atoms with Crippen LogP contribution in [0, 0.1) is 6.92 Å². The number of imidazole rings is 1. The molecule has 3 heterocycles. The van der Waals surface area contributed by atoms with Gasteiger partial charge in [-0.05, 0) is 37.9 Å². The summed E-state index contributed by atoms with van der Waals surface area (Å²) in [6.07, 6.45) is 6.71. The molecule has 2 aromatic rings. The minimum atomic E-state index is -0.713. The summed E-state index contributed by atoms with van der Waals surface area (Å²) in [5.41, 5.74) is 3.14. The minimum absolute atomic E-state index is 0.362. The maximum Gasteiger partial charge on any atom is 0.320 e. The summed E-state index contributed by atoms with van der Waals surface area (Å²) >= 11 is 0. The van der Waals surface area contributed by atoms with E-state index in [1.807, 2.05) is 25.3 Å². The quantitative estimate of drug-likeness (QED) is 0.930. The van der Waals surface area contributed by atoms with Crippen LogP contribution in [0.3, 0.4) is 0 Å². The molecule has 106 valence electrons. The van der Waals surface area contributed by atoms with Crippen molar-refractivity contribution in [2.45, 2.75) is 38.8 Å². The topological polar surface area (TPSA) is 57.8 Å². The van der Waals surface area contributed by atoms with Crippen molar-refractivity contribution in [1.29, 1.82) is 0 Å². The number of aryl methyl sites for hydroxylation is 1. The third-order valence-corrected chi connectivity index (χ3v) is 3.99. The highest BCUT2D eigenvalue weighted by Gasteiger charge is 2.28. The van der Waals surface area contributed by atoms with E-state index in [9.17, 15) is 9.90 Å². The normalized spacial score (nSPS) is 20.4. The highest BCUT2D eigenvalue weighted by molar-refractivity contribution is 5.73. The fraction of sp³-hybridized carbons (Fsp3) is 0.467. The minimum Gasteiger partial charge on any atom is -0.480 e. The number of piperidine rings is 1. The van der Waals surface area contributed by atoms with Crippen LogP contribution >= 0.6 is 0 Å². The summed E-state index contributed by atoms with van der Waals surface area (Å²) in [4.78, 5) is 17.8. The molecular weight excluding hydrogens is 254 g/mol. The van der Waals surface area contributed by atoms with Gasteiger partial charge in [0.1, 0.15) is 11.7 Å². The number of aliphatic carboxylic acids is 1. The number of aromatic nitrogens is 2. The van der Waals surface area contributed by atoms with E-state index in [2.05, 4.69) is 20.5 Å². The van der Waals surface area contributed by atoms with Crippen molar-refractivity contribution in [3.63, 3.8) is 0 Å². The second-order valence-electron chi connectivity index (χ2n) is 5.50. The van der Waals surface area contributed by atoms with E-state index in [1.54, 1.807) is 0 Å². The SMILES string of the molecule is Cc1ccc2ncc(CN3CCCCC3C(=O)O)n2c1. The van der Waals surface area contributed by atoms with Crippen molar-refractivity contribution in [1.82, 2.24) is 14.3 Å². The molecule has 1 aliphatic rings. The summed E-state index contributed by atoms with van der Waals surface area (Å²) in [5, 5.41) is 9.33. The van der Waals surface area contributed by atoms with E-state index in [1.165, 1.54) is 5.56 Å². The van der Waals surface area contributed by atoms with Crippen LogP contribution in [0.2, 0.25) is 0 Å². The standard InChI is InChI=1S/C15H19N3O2/c1-11-5-6-14-16-8-12(18(14)9-11)10-17-7-3-2-4-13(17)15(19)20/h5-6,8-9,13H,2-4,7,10H2,1H3,(H,19,20). The van der Waals surface area contributed by atoms with Crippen molar-refractivity contribution in [3.8, 4) is 0 Å². The van der Waals surface area contributed by atoms with E-state index in [0.29, 0.717) is 6.54 Å². The fourth-order valence-electron chi connectivity index (χ4n) is 2.92. The zero-order chi connectivity index (χ0) is 14.1. The van der Waals surface area contributed by atoms with Crippen molar-refractivity contribution < 1.29 is 9.90 Å². The summed E-state index contributed by atoms with van der Waals surface area (Å²) < 4.78 is 2.06. The number of hydrogen-bond donors (Lipinski definition) is 1. The van der Waals surface area contributed by atoms with E-state index in [0.717, 1.165) is 37.1 Å². The van der Waals surface area contributed by atoms with Crippen LogP contribution < -0.4 is 0 Å². The molecule has 0 aromatic carbocycles. The first-order valence-corrected chi connectivity index (χ1v) is 7.04. The first-order valence-electron chi connectivity index (χ1n) is 7.04. The van der Waals surface area contributed by atoms with Gasteiger partial charge in [0.05, 0.1) is 11.9 Å². The highest BCUT2D eigenvalue weighted by atomic mass is 16.4. The molecule has 0 saturated carbocycles. The van der Waals surface area contributed by atoms with E-state index in [-0.39, 0.29) is 6.04 Å². The first kappa shape index (κ1) is 13.1. The number of fused-ring (bicyclic) bond motifs is 1. The lowest BCUT2D eigenvalue weighted by atomic mass is 10.0. The average molecular weight is 273 g/mol. The number of carboxylic acids is 1. The Morgan fingerprint density at radius 3 is 3.10 bits per heavy atom. The molecule has 5 nitrogen and oxygen atoms in total. The van der Waals surface area contributed by atoms with Gasteiger partial charge in [0.2, 0.25) is 0 Å². The van der Waals surface area contributed by atoms with Gasteiger partial charge in [0.25, 0.3) is 0 Å². The van der Waals surface area contributed by atoms with Crippen LogP contribution in [0.4, 0.5) is 0 Å². The van der Waals surface area contributed by atoms with Gasteiger partial charge in [-0.1, -0.05) is 12.5 Å². The van der Waals surface area contributed by atoms with Crippen molar-refractivity contribution >= 4 is 11.6 Å². The van der Waals surface area contributed by atoms with Gasteiger partial charge < -0.3 is 9.51 Å². The molecule has 2 aromatic heterocycles. The maximum absolute atomic E-state index is 11.3. The number of carbonyl (C=O) groups is 1. The Labute approximate surface area is 117 Å². The van der Waals surface area contributed by atoms with Gasteiger partial charge >= 0.3 is 5.97 Å². The third-order valence-electron chi connectivity index (χ3n) is 3.99. The molecule has 0 spiro atoms. The van der Waals surface area contributed by atoms with Gasteiger partial charge in [0, 0.05) is 12.7 Å². The molecular formula is C15H19N3O2. The van der Waals surface area contributed by atoms with Crippen LogP contribution in [0.15, 0.2) is 24.5 Å². The Morgan fingerprint density at radius 2 is 2.30 bits per heavy atom. The zero-order valence-electron chi connectivity index (χ0n) is 11.6. The largest absolute Gasteiger partial charge is 0.480 e. The van der Waals surface area contributed by atoms with Crippen molar-refractivity contribution in [2.24, 2.45) is 0 Å². The lowest BCUT2D eigenvalue weighted by molar-refractivity contribution is -0.144. The van der Waals surface area contributed by atoms with E-state index >= 15 is 0 Å². The predicted molar refractivity (Wildman–Crippen MR) is 75.6 cm³/mol. The van der Waals surface area contributed by atoms with Crippen LogP contribution in [-0.4, -0.2) is 37.9 Å². The Bertz CT molecular complexity index is 635. The molecule has 0 bridgehead atoms. The summed E-state index contributed by atoms with van der Waals surface area (Å²) in [6, 6.07) is 3.66. The number of hydrogen-bond acceptors (Lipinski definition) is 3. The molecule has 1 fully saturated rings. The Hall–Kier alpha value is -1.88. The van der Waals surface area contributed by atoms with Crippen LogP contribution in [0.1, 0.15) is 30.5 Å². The summed E-state index contributed by atoms with van der Waals surface area (Å²) in [5.74, 6) is -0.713. The highest BCUT2D eigenvalue weighted by Crippen LogP contribution is 2.20. The number of nitrogens with zero attached hydrogens (tertiary/aromatic N) is 3. The Balaban J connectivity index is 1.88. The van der Waals surface area contributed by atoms with Gasteiger partial charge in [0.15, 0.2) is 0 Å². The molecule has 1 saturated heterocycles. The molecule has 1 N–H and O–H groups in total. The van der Waals surface area contributed by atoms with Crippen LogP contribution in [0.5, 0.6) is 0 Å². The maximum atomic E-state index is 11.3. The molecule has 0 radical (unpaired) electrons. The number of rotatable bonds is 3. The molecule has 1 unspecified atom stereocenters. The molecule has 1 aliphatic heterocycles. The van der Waals surface area contributed by atoms with Crippen molar-refractivity contribution in [2.75, 3.05) is 6.54 Å². The van der Waals surface area contributed by atoms with Gasteiger partial charge in [-0.25, -0.2) is 4.98 Å². The molecule has 3 rings (SSSR count). The predicted octanol–water partition coefficient (Wildman–Crippen LogP) is 2.08. The first-order chi connectivity index (χ1) is 9.65. The molecule has 5 heteroatoms. The van der Waals surface area contributed by atoms with E-state index < -0.39 is 5.97 Å². The molecule has 20 heavy (non-hydrogen) atoms. The lowest BCUT2D eigenvalue weighted by Crippen LogP contribution is -2.44. The van der Waals surface area contributed by atoms with Crippen LogP contribution in [0.25, 0.3) is 5.65 Å². The lowest BCUT2D eigenvalue weighted by Gasteiger charge is -2.32.